The molecule has 0 radical (unpaired) electrons. The van der Waals surface area contributed by atoms with Crippen LogP contribution in [0.3, 0.4) is 0 Å². The zero-order valence-corrected chi connectivity index (χ0v) is 7.66. The van der Waals surface area contributed by atoms with Gasteiger partial charge in [0.05, 0.1) is 0 Å². The van der Waals surface area contributed by atoms with E-state index in [-0.39, 0.29) is 6.03 Å². The molecule has 1 saturated heterocycles. The van der Waals surface area contributed by atoms with Crippen molar-refractivity contribution in [3.05, 3.63) is 24.3 Å². The Labute approximate surface area is 81.9 Å². The van der Waals surface area contributed by atoms with Gasteiger partial charge in [-0.3, -0.25) is 10.7 Å². The van der Waals surface area contributed by atoms with Gasteiger partial charge in [-0.25, -0.2) is 4.79 Å². The third kappa shape index (κ3) is 1.49. The standard InChI is InChI=1S/C9H12N4O/c10-12-7-1-3-8(4-2-7)13-6-5-11-9(13)14/h1-4,12H,5-6,10H2,(H,11,14). The number of hydrogen-bond donors (Lipinski definition) is 3. The van der Waals surface area contributed by atoms with Gasteiger partial charge >= 0.3 is 6.03 Å². The summed E-state index contributed by atoms with van der Waals surface area (Å²) in [5, 5.41) is 2.74. The highest BCUT2D eigenvalue weighted by atomic mass is 16.2. The lowest BCUT2D eigenvalue weighted by Crippen LogP contribution is -2.27. The molecule has 1 fully saturated rings. The number of benzene rings is 1. The average Bonchev–Trinajstić information content (AvgIpc) is 2.65. The molecule has 0 saturated carbocycles. The summed E-state index contributed by atoms with van der Waals surface area (Å²) in [7, 11) is 0. The molecule has 0 aliphatic carbocycles. The Morgan fingerprint density at radius 1 is 1.36 bits per heavy atom. The van der Waals surface area contributed by atoms with Gasteiger partial charge in [0.25, 0.3) is 0 Å². The summed E-state index contributed by atoms with van der Waals surface area (Å²) >= 11 is 0. The maximum atomic E-state index is 11.3. The fourth-order valence-corrected chi connectivity index (χ4v) is 1.46. The lowest BCUT2D eigenvalue weighted by atomic mass is 10.2. The van der Waals surface area contributed by atoms with Crippen molar-refractivity contribution in [2.24, 2.45) is 5.84 Å². The summed E-state index contributed by atoms with van der Waals surface area (Å²) < 4.78 is 0. The highest BCUT2D eigenvalue weighted by Gasteiger charge is 2.20. The molecule has 0 spiro atoms. The summed E-state index contributed by atoms with van der Waals surface area (Å²) in [5.41, 5.74) is 4.25. The first kappa shape index (κ1) is 8.83. The number of nitrogens with zero attached hydrogens (tertiary/aromatic N) is 1. The Morgan fingerprint density at radius 2 is 2.07 bits per heavy atom. The Bertz CT molecular complexity index is 335. The van der Waals surface area contributed by atoms with Crippen molar-refractivity contribution in [2.75, 3.05) is 23.4 Å². The van der Waals surface area contributed by atoms with Gasteiger partial charge in [0, 0.05) is 24.5 Å². The van der Waals surface area contributed by atoms with E-state index in [2.05, 4.69) is 10.7 Å². The van der Waals surface area contributed by atoms with E-state index < -0.39 is 0 Å². The monoisotopic (exact) mass is 192 g/mol. The van der Waals surface area contributed by atoms with E-state index in [0.29, 0.717) is 13.1 Å². The molecule has 2 amide bonds. The largest absolute Gasteiger partial charge is 0.336 e. The van der Waals surface area contributed by atoms with E-state index in [1.807, 2.05) is 24.3 Å². The van der Waals surface area contributed by atoms with Gasteiger partial charge in [-0.15, -0.1) is 0 Å². The number of urea groups is 1. The molecule has 5 heteroatoms. The smallest absolute Gasteiger partial charge is 0.321 e. The topological polar surface area (TPSA) is 70.4 Å². The van der Waals surface area contributed by atoms with Crippen LogP contribution in [-0.4, -0.2) is 19.1 Å². The number of nitrogens with one attached hydrogen (secondary N) is 2. The predicted molar refractivity (Wildman–Crippen MR) is 55.0 cm³/mol. The van der Waals surface area contributed by atoms with Crippen molar-refractivity contribution < 1.29 is 4.79 Å². The van der Waals surface area contributed by atoms with Crippen LogP contribution in [0.2, 0.25) is 0 Å². The Morgan fingerprint density at radius 3 is 2.57 bits per heavy atom. The fraction of sp³-hybridized carbons (Fsp3) is 0.222. The van der Waals surface area contributed by atoms with Crippen LogP contribution < -0.4 is 21.5 Å². The molecule has 1 heterocycles. The van der Waals surface area contributed by atoms with Crippen molar-refractivity contribution in [3.8, 4) is 0 Å². The molecule has 14 heavy (non-hydrogen) atoms. The van der Waals surface area contributed by atoms with Crippen LogP contribution in [0.1, 0.15) is 0 Å². The minimum Gasteiger partial charge on any atom is -0.336 e. The number of rotatable bonds is 2. The van der Waals surface area contributed by atoms with E-state index in [1.165, 1.54) is 0 Å². The number of hydrazine groups is 1. The Hall–Kier alpha value is -1.75. The molecule has 2 rings (SSSR count). The first-order valence-electron chi connectivity index (χ1n) is 4.43. The lowest BCUT2D eigenvalue weighted by Gasteiger charge is -2.14. The van der Waals surface area contributed by atoms with Gasteiger partial charge < -0.3 is 10.7 Å². The average molecular weight is 192 g/mol. The van der Waals surface area contributed by atoms with E-state index in [4.69, 9.17) is 5.84 Å². The number of carbonyl (C=O) groups excluding carboxylic acids is 1. The van der Waals surface area contributed by atoms with Crippen molar-refractivity contribution in [1.82, 2.24) is 5.32 Å². The van der Waals surface area contributed by atoms with Gasteiger partial charge in [-0.05, 0) is 24.3 Å². The SMILES string of the molecule is NNc1ccc(N2CCNC2=O)cc1. The van der Waals surface area contributed by atoms with Crippen molar-refractivity contribution in [2.45, 2.75) is 0 Å². The molecule has 1 aromatic rings. The Kier molecular flexibility index (Phi) is 2.24. The first-order valence-corrected chi connectivity index (χ1v) is 4.43. The predicted octanol–water partition coefficient (Wildman–Crippen LogP) is 0.502. The van der Waals surface area contributed by atoms with Crippen LogP contribution in [0.4, 0.5) is 16.2 Å². The molecular weight excluding hydrogens is 180 g/mol. The van der Waals surface area contributed by atoms with E-state index in [9.17, 15) is 4.79 Å². The molecule has 74 valence electrons. The Balaban J connectivity index is 2.20. The minimum atomic E-state index is -0.0431. The lowest BCUT2D eigenvalue weighted by molar-refractivity contribution is 0.252. The van der Waals surface area contributed by atoms with Crippen LogP contribution in [0.5, 0.6) is 0 Å². The van der Waals surface area contributed by atoms with Crippen LogP contribution in [0, 0.1) is 0 Å². The molecule has 0 unspecified atom stereocenters. The number of carbonyl (C=O) groups is 1. The molecule has 5 nitrogen and oxygen atoms in total. The molecule has 1 aliphatic rings. The summed E-state index contributed by atoms with van der Waals surface area (Å²) in [6.45, 7) is 1.42. The third-order valence-corrected chi connectivity index (χ3v) is 2.20. The minimum absolute atomic E-state index is 0.0431. The summed E-state index contributed by atoms with van der Waals surface area (Å²) in [6.07, 6.45) is 0. The molecule has 1 aliphatic heterocycles. The number of hydrogen-bond acceptors (Lipinski definition) is 3. The maximum absolute atomic E-state index is 11.3. The maximum Gasteiger partial charge on any atom is 0.321 e. The molecule has 0 atom stereocenters. The summed E-state index contributed by atoms with van der Waals surface area (Å²) in [4.78, 5) is 13.0. The van der Waals surface area contributed by atoms with Gasteiger partial charge in [0.1, 0.15) is 0 Å². The second kappa shape index (κ2) is 3.55. The van der Waals surface area contributed by atoms with Crippen LogP contribution in [0.25, 0.3) is 0 Å². The van der Waals surface area contributed by atoms with E-state index in [0.717, 1.165) is 11.4 Å². The van der Waals surface area contributed by atoms with Crippen LogP contribution in [0.15, 0.2) is 24.3 Å². The quantitative estimate of drug-likeness (QED) is 0.472. The normalized spacial score (nSPS) is 15.5. The number of amides is 2. The molecule has 0 aromatic heterocycles. The van der Waals surface area contributed by atoms with Gasteiger partial charge in [-0.1, -0.05) is 0 Å². The summed E-state index contributed by atoms with van der Waals surface area (Å²) in [6, 6.07) is 7.35. The number of anilines is 2. The van der Waals surface area contributed by atoms with E-state index >= 15 is 0 Å². The molecule has 1 aromatic carbocycles. The molecular formula is C9H12N4O. The van der Waals surface area contributed by atoms with Crippen LogP contribution >= 0.6 is 0 Å². The van der Waals surface area contributed by atoms with Gasteiger partial charge in [0.15, 0.2) is 0 Å². The van der Waals surface area contributed by atoms with Crippen molar-refractivity contribution >= 4 is 17.4 Å². The van der Waals surface area contributed by atoms with Crippen molar-refractivity contribution in [3.63, 3.8) is 0 Å². The molecule has 0 bridgehead atoms. The molecule has 4 N–H and O–H groups in total. The zero-order valence-electron chi connectivity index (χ0n) is 7.66. The van der Waals surface area contributed by atoms with Crippen molar-refractivity contribution in [1.29, 1.82) is 0 Å². The van der Waals surface area contributed by atoms with Crippen LogP contribution in [-0.2, 0) is 0 Å². The fourth-order valence-electron chi connectivity index (χ4n) is 1.46. The van der Waals surface area contributed by atoms with E-state index in [1.54, 1.807) is 4.90 Å². The van der Waals surface area contributed by atoms with Gasteiger partial charge in [0.2, 0.25) is 0 Å². The number of nitrogen functional groups attached to an aromatic ring is 1. The second-order valence-corrected chi connectivity index (χ2v) is 3.07. The zero-order chi connectivity index (χ0) is 9.97. The summed E-state index contributed by atoms with van der Waals surface area (Å²) in [5.74, 6) is 5.24. The number of nitrogens with two attached hydrogens (primary N) is 1. The third-order valence-electron chi connectivity index (χ3n) is 2.20. The second-order valence-electron chi connectivity index (χ2n) is 3.07. The highest BCUT2D eigenvalue weighted by molar-refractivity contribution is 5.94. The first-order chi connectivity index (χ1) is 6.81. The highest BCUT2D eigenvalue weighted by Crippen LogP contribution is 2.18. The van der Waals surface area contributed by atoms with Gasteiger partial charge in [-0.2, -0.15) is 0 Å².